The van der Waals surface area contributed by atoms with Gasteiger partial charge in [-0.2, -0.15) is 0 Å². The summed E-state index contributed by atoms with van der Waals surface area (Å²) in [5, 5.41) is 3.22. The van der Waals surface area contributed by atoms with Gasteiger partial charge in [0.25, 0.3) is 0 Å². The van der Waals surface area contributed by atoms with E-state index in [9.17, 15) is 4.79 Å². The Labute approximate surface area is 102 Å². The van der Waals surface area contributed by atoms with E-state index in [0.29, 0.717) is 19.1 Å². The topological polar surface area (TPSA) is 50.8 Å². The molecule has 0 bridgehead atoms. The maximum absolute atomic E-state index is 12.2. The van der Waals surface area contributed by atoms with Gasteiger partial charge in [-0.05, 0) is 18.8 Å². The maximum Gasteiger partial charge on any atom is 0.242 e. The average Bonchev–Trinajstić information content (AvgIpc) is 2.40. The largest absolute Gasteiger partial charge is 0.384 e. The number of carbonyl (C=O) groups is 1. The molecule has 5 nitrogen and oxygen atoms in total. The summed E-state index contributed by atoms with van der Waals surface area (Å²) in [6.07, 6.45) is 2.24. The molecule has 2 saturated heterocycles. The highest BCUT2D eigenvalue weighted by Crippen LogP contribution is 2.17. The number of nitrogens with one attached hydrogen (secondary N) is 1. The molecule has 2 aliphatic heterocycles. The fraction of sp³-hybridized carbons (Fsp3) is 0.917. The Morgan fingerprint density at radius 3 is 3.18 bits per heavy atom. The molecule has 1 amide bonds. The second-order valence-corrected chi connectivity index (χ2v) is 4.83. The minimum Gasteiger partial charge on any atom is -0.384 e. The molecule has 2 atom stereocenters. The Balaban J connectivity index is 1.85. The van der Waals surface area contributed by atoms with Crippen LogP contribution in [-0.4, -0.2) is 63.4 Å². The second kappa shape index (κ2) is 6.33. The molecule has 17 heavy (non-hydrogen) atoms. The van der Waals surface area contributed by atoms with Gasteiger partial charge in [-0.25, -0.2) is 0 Å². The third-order valence-electron chi connectivity index (χ3n) is 3.45. The lowest BCUT2D eigenvalue weighted by Gasteiger charge is -2.35. The number of amides is 1. The zero-order valence-corrected chi connectivity index (χ0v) is 10.5. The molecule has 0 aromatic heterocycles. The Bertz CT molecular complexity index is 252. The van der Waals surface area contributed by atoms with E-state index >= 15 is 0 Å². The van der Waals surface area contributed by atoms with Crippen molar-refractivity contribution in [3.8, 4) is 0 Å². The molecular weight excluding hydrogens is 220 g/mol. The van der Waals surface area contributed by atoms with E-state index in [1.165, 1.54) is 0 Å². The first kappa shape index (κ1) is 12.8. The van der Waals surface area contributed by atoms with E-state index in [2.05, 4.69) is 5.32 Å². The van der Waals surface area contributed by atoms with Crippen LogP contribution in [0.1, 0.15) is 12.8 Å². The first-order valence-corrected chi connectivity index (χ1v) is 6.40. The van der Waals surface area contributed by atoms with Crippen LogP contribution in [0.5, 0.6) is 0 Å². The molecule has 2 aliphatic rings. The van der Waals surface area contributed by atoms with Crippen molar-refractivity contribution < 1.29 is 14.3 Å². The number of methoxy groups -OCH3 is 1. The van der Waals surface area contributed by atoms with Crippen LogP contribution in [0.25, 0.3) is 0 Å². The molecule has 0 aromatic rings. The summed E-state index contributed by atoms with van der Waals surface area (Å²) < 4.78 is 10.5. The molecular formula is C12H22N2O3. The van der Waals surface area contributed by atoms with E-state index in [4.69, 9.17) is 9.47 Å². The number of likely N-dealkylation sites (tertiary alicyclic amines) is 1. The van der Waals surface area contributed by atoms with Gasteiger partial charge in [0.2, 0.25) is 5.91 Å². The summed E-state index contributed by atoms with van der Waals surface area (Å²) in [7, 11) is 1.72. The smallest absolute Gasteiger partial charge is 0.242 e. The molecule has 0 spiro atoms. The lowest BCUT2D eigenvalue weighted by Crippen LogP contribution is -2.54. The highest BCUT2D eigenvalue weighted by atomic mass is 16.5. The van der Waals surface area contributed by atoms with Crippen molar-refractivity contribution in [2.45, 2.75) is 18.9 Å². The zero-order valence-electron chi connectivity index (χ0n) is 10.5. The van der Waals surface area contributed by atoms with Crippen molar-refractivity contribution >= 4 is 5.91 Å². The van der Waals surface area contributed by atoms with Crippen molar-refractivity contribution in [1.29, 1.82) is 0 Å². The van der Waals surface area contributed by atoms with Crippen LogP contribution in [0.3, 0.4) is 0 Å². The first-order valence-electron chi connectivity index (χ1n) is 6.40. The lowest BCUT2D eigenvalue weighted by molar-refractivity contribution is -0.138. The number of ether oxygens (including phenoxy) is 2. The molecule has 0 radical (unpaired) electrons. The molecule has 0 aliphatic carbocycles. The minimum atomic E-state index is -0.148. The van der Waals surface area contributed by atoms with Gasteiger partial charge in [0, 0.05) is 26.7 Å². The van der Waals surface area contributed by atoms with Gasteiger partial charge in [0.05, 0.1) is 19.8 Å². The number of carbonyl (C=O) groups excluding carboxylic acids is 1. The molecule has 2 rings (SSSR count). The number of hydrogen-bond acceptors (Lipinski definition) is 4. The van der Waals surface area contributed by atoms with Crippen molar-refractivity contribution in [2.24, 2.45) is 5.92 Å². The highest BCUT2D eigenvalue weighted by Gasteiger charge is 2.29. The predicted octanol–water partition coefficient (Wildman–Crippen LogP) is -0.140. The van der Waals surface area contributed by atoms with Crippen LogP contribution in [0.4, 0.5) is 0 Å². The molecule has 5 heteroatoms. The molecule has 0 aromatic carbocycles. The minimum absolute atomic E-state index is 0.148. The van der Waals surface area contributed by atoms with Crippen LogP contribution < -0.4 is 5.32 Å². The third-order valence-corrected chi connectivity index (χ3v) is 3.45. The summed E-state index contributed by atoms with van der Waals surface area (Å²) >= 11 is 0. The highest BCUT2D eigenvalue weighted by molar-refractivity contribution is 5.82. The van der Waals surface area contributed by atoms with E-state index in [1.54, 1.807) is 7.11 Å². The number of nitrogens with zero attached hydrogens (tertiary/aromatic N) is 1. The van der Waals surface area contributed by atoms with Crippen LogP contribution >= 0.6 is 0 Å². The maximum atomic E-state index is 12.2. The van der Waals surface area contributed by atoms with E-state index in [0.717, 1.165) is 39.1 Å². The monoisotopic (exact) mass is 242 g/mol. The van der Waals surface area contributed by atoms with E-state index < -0.39 is 0 Å². The Morgan fingerprint density at radius 2 is 2.47 bits per heavy atom. The fourth-order valence-corrected chi connectivity index (χ4v) is 2.58. The van der Waals surface area contributed by atoms with Crippen molar-refractivity contribution in [1.82, 2.24) is 10.2 Å². The quantitative estimate of drug-likeness (QED) is 0.748. The Hall–Kier alpha value is -0.650. The molecule has 2 fully saturated rings. The van der Waals surface area contributed by atoms with Crippen molar-refractivity contribution in [3.63, 3.8) is 0 Å². The van der Waals surface area contributed by atoms with Crippen molar-refractivity contribution in [2.75, 3.05) is 46.6 Å². The Morgan fingerprint density at radius 1 is 1.59 bits per heavy atom. The van der Waals surface area contributed by atoms with Crippen molar-refractivity contribution in [3.05, 3.63) is 0 Å². The van der Waals surface area contributed by atoms with Crippen LogP contribution in [0, 0.1) is 5.92 Å². The summed E-state index contributed by atoms with van der Waals surface area (Å²) in [6.45, 7) is 4.42. The lowest BCUT2D eigenvalue weighted by atomic mass is 9.98. The fourth-order valence-electron chi connectivity index (χ4n) is 2.58. The molecule has 1 N–H and O–H groups in total. The number of rotatable bonds is 3. The number of hydrogen-bond donors (Lipinski definition) is 1. The number of piperidine rings is 1. The summed E-state index contributed by atoms with van der Waals surface area (Å²) in [6, 6.07) is -0.148. The summed E-state index contributed by atoms with van der Waals surface area (Å²) in [5.74, 6) is 0.674. The van der Waals surface area contributed by atoms with Gasteiger partial charge in [0.15, 0.2) is 0 Å². The first-order chi connectivity index (χ1) is 8.31. The molecule has 98 valence electrons. The van der Waals surface area contributed by atoms with E-state index in [-0.39, 0.29) is 11.9 Å². The summed E-state index contributed by atoms with van der Waals surface area (Å²) in [5.41, 5.74) is 0. The van der Waals surface area contributed by atoms with Gasteiger partial charge in [-0.15, -0.1) is 0 Å². The SMILES string of the molecule is COC[C@H]1CCCN(C(=O)[C@H]2COCCN2)C1. The average molecular weight is 242 g/mol. The predicted molar refractivity (Wildman–Crippen MR) is 63.8 cm³/mol. The zero-order chi connectivity index (χ0) is 12.1. The van der Waals surface area contributed by atoms with Crippen LogP contribution in [0.2, 0.25) is 0 Å². The van der Waals surface area contributed by atoms with Crippen LogP contribution in [0.15, 0.2) is 0 Å². The van der Waals surface area contributed by atoms with Gasteiger partial charge in [-0.1, -0.05) is 0 Å². The van der Waals surface area contributed by atoms with Gasteiger partial charge in [-0.3, -0.25) is 4.79 Å². The molecule has 2 heterocycles. The Kier molecular flexibility index (Phi) is 4.76. The standard InChI is InChI=1S/C12H22N2O3/c1-16-8-10-3-2-5-14(7-10)12(15)11-9-17-6-4-13-11/h10-11,13H,2-9H2,1H3/t10-,11+/m0/s1. The normalized spacial score (nSPS) is 30.3. The molecule has 0 saturated carbocycles. The van der Waals surface area contributed by atoms with Gasteiger partial charge >= 0.3 is 0 Å². The summed E-state index contributed by atoms with van der Waals surface area (Å²) in [4.78, 5) is 14.2. The second-order valence-electron chi connectivity index (χ2n) is 4.83. The third kappa shape index (κ3) is 3.40. The van der Waals surface area contributed by atoms with Gasteiger partial charge < -0.3 is 19.7 Å². The molecule has 0 unspecified atom stereocenters. The van der Waals surface area contributed by atoms with E-state index in [1.807, 2.05) is 4.90 Å². The van der Waals surface area contributed by atoms with Crippen LogP contribution in [-0.2, 0) is 14.3 Å². The number of morpholine rings is 1. The van der Waals surface area contributed by atoms with Gasteiger partial charge in [0.1, 0.15) is 6.04 Å².